The van der Waals surface area contributed by atoms with E-state index in [2.05, 4.69) is 20.9 Å². The number of benzene rings is 1. The fourth-order valence-electron chi connectivity index (χ4n) is 1.31. The van der Waals surface area contributed by atoms with Crippen LogP contribution in [0.25, 0.3) is 0 Å². The summed E-state index contributed by atoms with van der Waals surface area (Å²) >= 11 is 3.42. The first-order chi connectivity index (χ1) is 7.75. The third kappa shape index (κ3) is 2.73. The van der Waals surface area contributed by atoms with Gasteiger partial charge >= 0.3 is 0 Å². The molecule has 2 rings (SSSR count). The van der Waals surface area contributed by atoms with Crippen molar-refractivity contribution in [2.75, 3.05) is 5.73 Å². The van der Waals surface area contributed by atoms with E-state index in [0.717, 1.165) is 15.8 Å². The summed E-state index contributed by atoms with van der Waals surface area (Å²) in [6.07, 6.45) is 1.67. The van der Waals surface area contributed by atoms with E-state index in [9.17, 15) is 0 Å². The molecule has 0 saturated heterocycles. The maximum absolute atomic E-state index is 5.65. The number of nitrogens with two attached hydrogens (primary N) is 1. The summed E-state index contributed by atoms with van der Waals surface area (Å²) in [4.78, 5) is 3.93. The first kappa shape index (κ1) is 11.0. The Hall–Kier alpha value is -1.55. The number of aromatic nitrogens is 1. The summed E-state index contributed by atoms with van der Waals surface area (Å²) in [5.41, 5.74) is 6.58. The molecule has 0 radical (unpaired) electrons. The molecule has 2 aromatic rings. The Labute approximate surface area is 102 Å². The number of nitrogen functional groups attached to an aromatic ring is 1. The van der Waals surface area contributed by atoms with Gasteiger partial charge in [-0.25, -0.2) is 4.98 Å². The molecule has 2 N–H and O–H groups in total. The van der Waals surface area contributed by atoms with Gasteiger partial charge in [-0.05, 0) is 45.8 Å². The molecule has 1 aromatic heterocycles. The zero-order valence-electron chi connectivity index (χ0n) is 8.56. The van der Waals surface area contributed by atoms with Crippen LogP contribution in [-0.4, -0.2) is 4.98 Å². The molecule has 0 aliphatic heterocycles. The second-order valence-electron chi connectivity index (χ2n) is 3.31. The molecule has 0 unspecified atom stereocenters. The zero-order valence-corrected chi connectivity index (χ0v) is 10.1. The van der Waals surface area contributed by atoms with Gasteiger partial charge in [0.2, 0.25) is 0 Å². The van der Waals surface area contributed by atoms with Crippen molar-refractivity contribution in [3.8, 4) is 5.75 Å². The van der Waals surface area contributed by atoms with Crippen LogP contribution in [0.2, 0.25) is 0 Å². The summed E-state index contributed by atoms with van der Waals surface area (Å²) in [6, 6.07) is 11.4. The highest BCUT2D eigenvalue weighted by molar-refractivity contribution is 9.10. The molecule has 82 valence electrons. The smallest absolute Gasteiger partial charge is 0.133 e. The lowest BCUT2D eigenvalue weighted by molar-refractivity contribution is 0.304. The molecule has 16 heavy (non-hydrogen) atoms. The van der Waals surface area contributed by atoms with E-state index >= 15 is 0 Å². The predicted octanol–water partition coefficient (Wildman–Crippen LogP) is 3.01. The van der Waals surface area contributed by atoms with Crippen LogP contribution >= 0.6 is 15.9 Å². The van der Waals surface area contributed by atoms with Gasteiger partial charge in [-0.2, -0.15) is 0 Å². The number of hydrogen-bond donors (Lipinski definition) is 1. The number of nitrogens with zero attached hydrogens (tertiary/aromatic N) is 1. The molecule has 0 saturated carbocycles. The number of anilines is 1. The van der Waals surface area contributed by atoms with Gasteiger partial charge in [0.25, 0.3) is 0 Å². The fraction of sp³-hybridized carbons (Fsp3) is 0.0833. The van der Waals surface area contributed by atoms with Crippen LogP contribution in [0, 0.1) is 0 Å². The maximum Gasteiger partial charge on any atom is 0.133 e. The Bertz CT molecular complexity index is 488. The zero-order chi connectivity index (χ0) is 11.4. The molecule has 3 nitrogen and oxygen atoms in total. The third-order valence-electron chi connectivity index (χ3n) is 2.08. The van der Waals surface area contributed by atoms with Crippen molar-refractivity contribution in [3.63, 3.8) is 0 Å². The average molecular weight is 279 g/mol. The van der Waals surface area contributed by atoms with E-state index in [4.69, 9.17) is 10.5 Å². The number of ether oxygens (including phenoxy) is 1. The van der Waals surface area contributed by atoms with Gasteiger partial charge in [0, 0.05) is 6.20 Å². The van der Waals surface area contributed by atoms with E-state index in [1.54, 1.807) is 12.3 Å². The third-order valence-corrected chi connectivity index (χ3v) is 2.73. The van der Waals surface area contributed by atoms with Gasteiger partial charge in [0.05, 0.1) is 4.47 Å². The summed E-state index contributed by atoms with van der Waals surface area (Å²) in [6.45, 7) is 0.481. The minimum absolute atomic E-state index is 0.481. The second-order valence-corrected chi connectivity index (χ2v) is 4.16. The fourth-order valence-corrected chi connectivity index (χ4v) is 1.71. The Morgan fingerprint density at radius 1 is 1.25 bits per heavy atom. The van der Waals surface area contributed by atoms with Crippen molar-refractivity contribution >= 4 is 21.7 Å². The summed E-state index contributed by atoms with van der Waals surface area (Å²) < 4.78 is 6.59. The predicted molar refractivity (Wildman–Crippen MR) is 67.1 cm³/mol. The van der Waals surface area contributed by atoms with Crippen LogP contribution in [0.15, 0.2) is 47.1 Å². The molecule has 1 aromatic carbocycles. The molecular weight excluding hydrogens is 268 g/mol. The lowest BCUT2D eigenvalue weighted by Crippen LogP contribution is -1.98. The Morgan fingerprint density at radius 3 is 2.81 bits per heavy atom. The van der Waals surface area contributed by atoms with E-state index < -0.39 is 0 Å². The minimum Gasteiger partial charge on any atom is -0.488 e. The number of rotatable bonds is 3. The molecule has 0 aliphatic rings. The van der Waals surface area contributed by atoms with Gasteiger partial charge in [0.1, 0.15) is 18.2 Å². The lowest BCUT2D eigenvalue weighted by atomic mass is 10.3. The van der Waals surface area contributed by atoms with Crippen molar-refractivity contribution in [3.05, 3.63) is 52.6 Å². The normalized spacial score (nSPS) is 10.1. The van der Waals surface area contributed by atoms with Gasteiger partial charge in [0.15, 0.2) is 0 Å². The SMILES string of the molecule is Nc1cc(COc2ccccc2Br)ccn1. The summed E-state index contributed by atoms with van der Waals surface area (Å²) in [7, 11) is 0. The Morgan fingerprint density at radius 2 is 2.06 bits per heavy atom. The molecule has 1 heterocycles. The average Bonchev–Trinajstić information content (AvgIpc) is 2.28. The van der Waals surface area contributed by atoms with E-state index in [-0.39, 0.29) is 0 Å². The number of para-hydroxylation sites is 1. The summed E-state index contributed by atoms with van der Waals surface area (Å²) in [5, 5.41) is 0. The van der Waals surface area contributed by atoms with Gasteiger partial charge in [-0.15, -0.1) is 0 Å². The Kier molecular flexibility index (Phi) is 3.41. The highest BCUT2D eigenvalue weighted by Gasteiger charge is 2.00. The number of halogens is 1. The maximum atomic E-state index is 5.65. The molecule has 0 atom stereocenters. The van der Waals surface area contributed by atoms with Crippen LogP contribution in [0.4, 0.5) is 5.82 Å². The standard InChI is InChI=1S/C12H11BrN2O/c13-10-3-1-2-4-11(10)16-8-9-5-6-15-12(14)7-9/h1-7H,8H2,(H2,14,15). The van der Waals surface area contributed by atoms with Crippen LogP contribution < -0.4 is 10.5 Å². The molecular formula is C12H11BrN2O. The molecule has 0 bridgehead atoms. The van der Waals surface area contributed by atoms with Gasteiger partial charge < -0.3 is 10.5 Å². The molecule has 4 heteroatoms. The topological polar surface area (TPSA) is 48.1 Å². The summed E-state index contributed by atoms with van der Waals surface area (Å²) in [5.74, 6) is 1.33. The molecule has 0 aliphatic carbocycles. The van der Waals surface area contributed by atoms with E-state index in [1.807, 2.05) is 30.3 Å². The quantitative estimate of drug-likeness (QED) is 0.939. The van der Waals surface area contributed by atoms with Crippen LogP contribution in [0.3, 0.4) is 0 Å². The van der Waals surface area contributed by atoms with Crippen LogP contribution in [-0.2, 0) is 6.61 Å². The molecule has 0 amide bonds. The Balaban J connectivity index is 2.05. The highest BCUT2D eigenvalue weighted by atomic mass is 79.9. The van der Waals surface area contributed by atoms with E-state index in [1.165, 1.54) is 0 Å². The van der Waals surface area contributed by atoms with Crippen LogP contribution in [0.1, 0.15) is 5.56 Å². The largest absolute Gasteiger partial charge is 0.488 e. The monoisotopic (exact) mass is 278 g/mol. The van der Waals surface area contributed by atoms with Crippen LogP contribution in [0.5, 0.6) is 5.75 Å². The van der Waals surface area contributed by atoms with Crippen molar-refractivity contribution in [2.24, 2.45) is 0 Å². The highest BCUT2D eigenvalue weighted by Crippen LogP contribution is 2.24. The number of hydrogen-bond acceptors (Lipinski definition) is 3. The number of pyridine rings is 1. The van der Waals surface area contributed by atoms with Crippen molar-refractivity contribution in [1.29, 1.82) is 0 Å². The minimum atomic E-state index is 0.481. The lowest BCUT2D eigenvalue weighted by Gasteiger charge is -2.07. The van der Waals surface area contributed by atoms with E-state index in [0.29, 0.717) is 12.4 Å². The molecule has 0 fully saturated rings. The second kappa shape index (κ2) is 4.99. The first-order valence-corrected chi connectivity index (χ1v) is 5.63. The van der Waals surface area contributed by atoms with Gasteiger partial charge in [-0.1, -0.05) is 12.1 Å². The van der Waals surface area contributed by atoms with Crippen molar-refractivity contribution in [2.45, 2.75) is 6.61 Å². The van der Waals surface area contributed by atoms with Gasteiger partial charge in [-0.3, -0.25) is 0 Å². The first-order valence-electron chi connectivity index (χ1n) is 4.83. The molecule has 0 spiro atoms. The van der Waals surface area contributed by atoms with Crippen molar-refractivity contribution in [1.82, 2.24) is 4.98 Å². The van der Waals surface area contributed by atoms with Crippen molar-refractivity contribution < 1.29 is 4.74 Å².